The highest BCUT2D eigenvalue weighted by Gasteiger charge is 2.39. The van der Waals surface area contributed by atoms with Crippen LogP contribution in [0.1, 0.15) is 18.2 Å². The summed E-state index contributed by atoms with van der Waals surface area (Å²) in [7, 11) is -3.90. The van der Waals surface area contributed by atoms with Crippen LogP contribution in [0.2, 0.25) is 0 Å². The van der Waals surface area contributed by atoms with Gasteiger partial charge in [0.15, 0.2) is 5.69 Å². The molecular weight excluding hydrogens is 379 g/mol. The average Bonchev–Trinajstić information content (AvgIpc) is 3.02. The van der Waals surface area contributed by atoms with E-state index in [2.05, 4.69) is 5.10 Å². The van der Waals surface area contributed by atoms with Crippen LogP contribution in [-0.2, 0) is 22.6 Å². The minimum absolute atomic E-state index is 0.0734. The van der Waals surface area contributed by atoms with Crippen molar-refractivity contribution in [1.29, 1.82) is 0 Å². The standard InChI is InChI=1S/C18H16F3N3O2S/c1-2-15-16(12-6-4-3-5-7-12)24(23-17(15)18(19,20)21)13-8-10-14(11-9-13)27(22,25)26/h3-11H,2H2,1H3,(H2,22,25,26). The maximum Gasteiger partial charge on any atom is 0.435 e. The van der Waals surface area contributed by atoms with Crippen LogP contribution >= 0.6 is 0 Å². The SMILES string of the molecule is CCc1c(C(F)(F)F)nn(-c2ccc(S(N)(=O)=O)cc2)c1-c1ccccc1. The van der Waals surface area contributed by atoms with Crippen molar-refractivity contribution in [2.75, 3.05) is 0 Å². The van der Waals surface area contributed by atoms with E-state index in [0.29, 0.717) is 16.9 Å². The van der Waals surface area contributed by atoms with Crippen LogP contribution < -0.4 is 5.14 Å². The molecule has 27 heavy (non-hydrogen) atoms. The molecule has 0 saturated carbocycles. The molecule has 0 fully saturated rings. The van der Waals surface area contributed by atoms with Gasteiger partial charge >= 0.3 is 6.18 Å². The number of primary sulfonamides is 1. The summed E-state index contributed by atoms with van der Waals surface area (Å²) < 4.78 is 64.5. The summed E-state index contributed by atoms with van der Waals surface area (Å²) >= 11 is 0. The number of alkyl halides is 3. The van der Waals surface area contributed by atoms with E-state index in [0.717, 1.165) is 0 Å². The highest BCUT2D eigenvalue weighted by molar-refractivity contribution is 7.89. The minimum atomic E-state index is -4.61. The molecule has 0 bridgehead atoms. The number of nitrogens with zero attached hydrogens (tertiary/aromatic N) is 2. The summed E-state index contributed by atoms with van der Waals surface area (Å²) in [4.78, 5) is -0.133. The maximum atomic E-state index is 13.5. The Balaban J connectivity index is 2.27. The first-order valence-electron chi connectivity index (χ1n) is 8.00. The second-order valence-corrected chi connectivity index (χ2v) is 7.41. The third kappa shape index (κ3) is 3.74. The first-order valence-corrected chi connectivity index (χ1v) is 9.55. The summed E-state index contributed by atoms with van der Waals surface area (Å²) in [5.74, 6) is 0. The topological polar surface area (TPSA) is 78.0 Å². The molecule has 0 saturated heterocycles. The predicted molar refractivity (Wildman–Crippen MR) is 94.8 cm³/mol. The second kappa shape index (κ2) is 6.82. The van der Waals surface area contributed by atoms with Crippen molar-refractivity contribution in [2.24, 2.45) is 5.14 Å². The van der Waals surface area contributed by atoms with Gasteiger partial charge in [-0.25, -0.2) is 18.2 Å². The Morgan fingerprint density at radius 2 is 1.63 bits per heavy atom. The number of rotatable bonds is 4. The molecule has 3 rings (SSSR count). The van der Waals surface area contributed by atoms with Crippen LogP contribution in [0.3, 0.4) is 0 Å². The zero-order valence-electron chi connectivity index (χ0n) is 14.2. The van der Waals surface area contributed by atoms with Crippen molar-refractivity contribution < 1.29 is 21.6 Å². The molecule has 9 heteroatoms. The van der Waals surface area contributed by atoms with E-state index in [4.69, 9.17) is 5.14 Å². The molecule has 1 heterocycles. The Kier molecular flexibility index (Phi) is 4.83. The molecule has 0 atom stereocenters. The highest BCUT2D eigenvalue weighted by atomic mass is 32.2. The highest BCUT2D eigenvalue weighted by Crippen LogP contribution is 2.38. The number of nitrogens with two attached hydrogens (primary N) is 1. The van der Waals surface area contributed by atoms with Gasteiger partial charge in [0.2, 0.25) is 10.0 Å². The molecule has 3 aromatic rings. The number of halogens is 3. The summed E-state index contributed by atoms with van der Waals surface area (Å²) in [6.45, 7) is 1.63. The van der Waals surface area contributed by atoms with Crippen LogP contribution in [0.5, 0.6) is 0 Å². The summed E-state index contributed by atoms with van der Waals surface area (Å²) in [6.07, 6.45) is -4.48. The third-order valence-corrected chi connectivity index (χ3v) is 4.99. The molecular formula is C18H16F3N3O2S. The van der Waals surface area contributed by atoms with Crippen molar-refractivity contribution in [1.82, 2.24) is 9.78 Å². The Hall–Kier alpha value is -2.65. The number of hydrogen-bond acceptors (Lipinski definition) is 3. The van der Waals surface area contributed by atoms with Crippen LogP contribution in [0.15, 0.2) is 59.5 Å². The molecule has 0 unspecified atom stereocenters. The lowest BCUT2D eigenvalue weighted by atomic mass is 10.0. The smallest absolute Gasteiger partial charge is 0.232 e. The van der Waals surface area contributed by atoms with Crippen molar-refractivity contribution in [3.8, 4) is 16.9 Å². The number of benzene rings is 2. The molecule has 0 aliphatic carbocycles. The van der Waals surface area contributed by atoms with Gasteiger partial charge in [-0.3, -0.25) is 0 Å². The van der Waals surface area contributed by atoms with E-state index >= 15 is 0 Å². The van der Waals surface area contributed by atoms with Gasteiger partial charge in [-0.1, -0.05) is 37.3 Å². The first kappa shape index (κ1) is 19.1. The van der Waals surface area contributed by atoms with Gasteiger partial charge in [-0.15, -0.1) is 0 Å². The summed E-state index contributed by atoms with van der Waals surface area (Å²) in [5, 5.41) is 8.88. The largest absolute Gasteiger partial charge is 0.435 e. The third-order valence-electron chi connectivity index (χ3n) is 4.06. The molecule has 2 aromatic carbocycles. The van der Waals surface area contributed by atoms with Crippen molar-refractivity contribution in [2.45, 2.75) is 24.4 Å². The normalized spacial score (nSPS) is 12.3. The van der Waals surface area contributed by atoms with Crippen LogP contribution in [-0.4, -0.2) is 18.2 Å². The Bertz CT molecular complexity index is 1060. The average molecular weight is 395 g/mol. The lowest BCUT2D eigenvalue weighted by Gasteiger charge is -2.10. The van der Waals surface area contributed by atoms with Crippen LogP contribution in [0, 0.1) is 0 Å². The number of hydrogen-bond donors (Lipinski definition) is 1. The van der Waals surface area contributed by atoms with E-state index < -0.39 is 21.9 Å². The number of sulfonamides is 1. The van der Waals surface area contributed by atoms with Crippen LogP contribution in [0.4, 0.5) is 13.2 Å². The second-order valence-electron chi connectivity index (χ2n) is 5.84. The molecule has 142 valence electrons. The molecule has 0 amide bonds. The fourth-order valence-corrected chi connectivity index (χ4v) is 3.38. The molecule has 0 radical (unpaired) electrons. The van der Waals surface area contributed by atoms with Gasteiger partial charge < -0.3 is 0 Å². The fourth-order valence-electron chi connectivity index (χ4n) is 2.87. The zero-order chi connectivity index (χ0) is 19.8. The van der Waals surface area contributed by atoms with Crippen molar-refractivity contribution in [3.05, 3.63) is 65.9 Å². The summed E-state index contributed by atoms with van der Waals surface area (Å²) in [5.41, 5.74) is 0.303. The van der Waals surface area contributed by atoms with Gasteiger partial charge in [-0.2, -0.15) is 18.3 Å². The Morgan fingerprint density at radius 3 is 2.11 bits per heavy atom. The van der Waals surface area contributed by atoms with Crippen LogP contribution in [0.25, 0.3) is 16.9 Å². The van der Waals surface area contributed by atoms with E-state index in [1.165, 1.54) is 28.9 Å². The van der Waals surface area contributed by atoms with E-state index in [-0.39, 0.29) is 16.9 Å². The molecule has 0 aliphatic heterocycles. The van der Waals surface area contributed by atoms with E-state index in [1.807, 2.05) is 0 Å². The van der Waals surface area contributed by atoms with Gasteiger partial charge in [-0.05, 0) is 30.7 Å². The fraction of sp³-hybridized carbons (Fsp3) is 0.167. The van der Waals surface area contributed by atoms with Crippen molar-refractivity contribution in [3.63, 3.8) is 0 Å². The van der Waals surface area contributed by atoms with E-state index in [1.54, 1.807) is 37.3 Å². The van der Waals surface area contributed by atoms with E-state index in [9.17, 15) is 21.6 Å². The zero-order valence-corrected chi connectivity index (χ0v) is 15.1. The predicted octanol–water partition coefficient (Wildman–Crippen LogP) is 3.77. The molecule has 0 spiro atoms. The van der Waals surface area contributed by atoms with Gasteiger partial charge in [0.05, 0.1) is 16.3 Å². The van der Waals surface area contributed by atoms with Crippen molar-refractivity contribution >= 4 is 10.0 Å². The molecule has 5 nitrogen and oxygen atoms in total. The minimum Gasteiger partial charge on any atom is -0.232 e. The molecule has 1 aromatic heterocycles. The number of aromatic nitrogens is 2. The lowest BCUT2D eigenvalue weighted by molar-refractivity contribution is -0.141. The Labute approximate surface area is 154 Å². The quantitative estimate of drug-likeness (QED) is 0.731. The van der Waals surface area contributed by atoms with Gasteiger partial charge in [0.25, 0.3) is 0 Å². The van der Waals surface area contributed by atoms with Gasteiger partial charge in [0.1, 0.15) is 0 Å². The summed E-state index contributed by atoms with van der Waals surface area (Å²) in [6, 6.07) is 13.8. The maximum absolute atomic E-state index is 13.5. The first-order chi connectivity index (χ1) is 12.6. The monoisotopic (exact) mass is 395 g/mol. The lowest BCUT2D eigenvalue weighted by Crippen LogP contribution is -2.12. The van der Waals surface area contributed by atoms with Gasteiger partial charge in [0, 0.05) is 11.1 Å². The molecule has 2 N–H and O–H groups in total. The molecule has 0 aliphatic rings. The Morgan fingerprint density at radius 1 is 1.04 bits per heavy atom.